The molecule has 0 atom stereocenters. The SMILES string of the molecule is COCCc1nc(Cc2cn(C)c3ccccc23)n(-c2cc(C)ccn2)n1. The minimum atomic E-state index is 0.596. The van der Waals surface area contributed by atoms with Gasteiger partial charge in [-0.15, -0.1) is 5.10 Å². The van der Waals surface area contributed by atoms with Gasteiger partial charge in [0.1, 0.15) is 5.82 Å². The van der Waals surface area contributed by atoms with Crippen molar-refractivity contribution in [3.63, 3.8) is 0 Å². The molecule has 0 amide bonds. The molecular weight excluding hydrogens is 338 g/mol. The van der Waals surface area contributed by atoms with Crippen molar-refractivity contribution in [1.82, 2.24) is 24.3 Å². The van der Waals surface area contributed by atoms with E-state index in [0.29, 0.717) is 19.4 Å². The Labute approximate surface area is 158 Å². The average Bonchev–Trinajstić information content (AvgIpc) is 3.22. The van der Waals surface area contributed by atoms with Gasteiger partial charge in [-0.2, -0.15) is 4.68 Å². The van der Waals surface area contributed by atoms with Crippen LogP contribution in [0, 0.1) is 6.92 Å². The normalized spacial score (nSPS) is 11.4. The first-order chi connectivity index (χ1) is 13.2. The Morgan fingerprint density at radius 2 is 2.00 bits per heavy atom. The zero-order valence-corrected chi connectivity index (χ0v) is 15.9. The first-order valence-corrected chi connectivity index (χ1v) is 9.05. The van der Waals surface area contributed by atoms with E-state index in [0.717, 1.165) is 23.0 Å². The predicted molar refractivity (Wildman–Crippen MR) is 105 cm³/mol. The maximum absolute atomic E-state index is 5.19. The molecule has 0 aliphatic heterocycles. The highest BCUT2D eigenvalue weighted by molar-refractivity contribution is 5.84. The van der Waals surface area contributed by atoms with Gasteiger partial charge in [0.05, 0.1) is 6.61 Å². The van der Waals surface area contributed by atoms with Crippen molar-refractivity contribution >= 4 is 10.9 Å². The van der Waals surface area contributed by atoms with Crippen molar-refractivity contribution in [2.75, 3.05) is 13.7 Å². The van der Waals surface area contributed by atoms with Crippen LogP contribution >= 0.6 is 0 Å². The topological polar surface area (TPSA) is 57.8 Å². The van der Waals surface area contributed by atoms with Crippen LogP contribution in [0.5, 0.6) is 0 Å². The highest BCUT2D eigenvalue weighted by atomic mass is 16.5. The maximum Gasteiger partial charge on any atom is 0.155 e. The molecule has 0 fully saturated rings. The summed E-state index contributed by atoms with van der Waals surface area (Å²) in [5.41, 5.74) is 3.59. The van der Waals surface area contributed by atoms with Gasteiger partial charge in [-0.25, -0.2) is 9.97 Å². The lowest BCUT2D eigenvalue weighted by atomic mass is 10.1. The van der Waals surface area contributed by atoms with Crippen LogP contribution in [-0.4, -0.2) is 38.0 Å². The molecule has 138 valence electrons. The van der Waals surface area contributed by atoms with Crippen molar-refractivity contribution in [2.45, 2.75) is 19.8 Å². The van der Waals surface area contributed by atoms with E-state index in [-0.39, 0.29) is 0 Å². The van der Waals surface area contributed by atoms with Crippen LogP contribution in [0.4, 0.5) is 0 Å². The Bertz CT molecular complexity index is 1080. The molecule has 6 nitrogen and oxygen atoms in total. The highest BCUT2D eigenvalue weighted by Gasteiger charge is 2.16. The van der Waals surface area contributed by atoms with Gasteiger partial charge in [0, 0.05) is 50.3 Å². The Balaban J connectivity index is 1.77. The lowest BCUT2D eigenvalue weighted by molar-refractivity contribution is 0.200. The fraction of sp³-hybridized carbons (Fsp3) is 0.286. The Morgan fingerprint density at radius 1 is 1.15 bits per heavy atom. The van der Waals surface area contributed by atoms with Gasteiger partial charge in [-0.05, 0) is 36.2 Å². The maximum atomic E-state index is 5.19. The summed E-state index contributed by atoms with van der Waals surface area (Å²) >= 11 is 0. The fourth-order valence-electron chi connectivity index (χ4n) is 3.36. The molecule has 0 bridgehead atoms. The molecule has 0 unspecified atom stereocenters. The molecule has 0 saturated carbocycles. The third-order valence-electron chi connectivity index (χ3n) is 4.69. The van der Waals surface area contributed by atoms with Crippen LogP contribution in [-0.2, 0) is 24.6 Å². The van der Waals surface area contributed by atoms with E-state index < -0.39 is 0 Å². The molecule has 0 N–H and O–H groups in total. The number of pyridine rings is 1. The van der Waals surface area contributed by atoms with Crippen molar-refractivity contribution in [3.05, 3.63) is 71.6 Å². The number of ether oxygens (including phenoxy) is 1. The standard InChI is InChI=1S/C21H23N5O/c1-15-8-10-22-20(12-15)26-21(23-19(24-26)9-11-27-3)13-16-14-25(2)18-7-5-4-6-17(16)18/h4-8,10,12,14H,9,11,13H2,1-3H3. The number of hydrogen-bond acceptors (Lipinski definition) is 4. The second-order valence-corrected chi connectivity index (χ2v) is 6.75. The van der Waals surface area contributed by atoms with Crippen LogP contribution in [0.25, 0.3) is 16.7 Å². The highest BCUT2D eigenvalue weighted by Crippen LogP contribution is 2.23. The van der Waals surface area contributed by atoms with Gasteiger partial charge in [-0.3, -0.25) is 0 Å². The Kier molecular flexibility index (Phi) is 4.73. The summed E-state index contributed by atoms with van der Waals surface area (Å²) in [5, 5.41) is 5.94. The number of aromatic nitrogens is 5. The van der Waals surface area contributed by atoms with Gasteiger partial charge in [0.25, 0.3) is 0 Å². The average molecular weight is 361 g/mol. The van der Waals surface area contributed by atoms with Gasteiger partial charge >= 0.3 is 0 Å². The molecule has 0 spiro atoms. The van der Waals surface area contributed by atoms with Crippen molar-refractivity contribution < 1.29 is 4.74 Å². The molecule has 0 radical (unpaired) electrons. The van der Waals surface area contributed by atoms with E-state index in [1.807, 2.05) is 23.0 Å². The molecule has 0 aliphatic carbocycles. The third kappa shape index (κ3) is 3.48. The lowest BCUT2D eigenvalue weighted by Crippen LogP contribution is -2.06. The molecule has 6 heteroatoms. The third-order valence-corrected chi connectivity index (χ3v) is 4.69. The number of methoxy groups -OCH3 is 1. The van der Waals surface area contributed by atoms with Crippen molar-refractivity contribution in [2.24, 2.45) is 7.05 Å². The van der Waals surface area contributed by atoms with E-state index in [2.05, 4.69) is 54.0 Å². The summed E-state index contributed by atoms with van der Waals surface area (Å²) in [6.07, 6.45) is 5.35. The van der Waals surface area contributed by atoms with Crippen LogP contribution in [0.15, 0.2) is 48.8 Å². The minimum absolute atomic E-state index is 0.596. The van der Waals surface area contributed by atoms with Crippen LogP contribution < -0.4 is 0 Å². The van der Waals surface area contributed by atoms with Crippen LogP contribution in [0.3, 0.4) is 0 Å². The lowest BCUT2D eigenvalue weighted by Gasteiger charge is -2.05. The number of benzene rings is 1. The summed E-state index contributed by atoms with van der Waals surface area (Å²) in [6, 6.07) is 12.4. The quantitative estimate of drug-likeness (QED) is 0.529. The first-order valence-electron chi connectivity index (χ1n) is 9.05. The van der Waals surface area contributed by atoms with E-state index in [1.54, 1.807) is 7.11 Å². The summed E-state index contributed by atoms with van der Waals surface area (Å²) in [6.45, 7) is 2.65. The molecule has 4 rings (SSSR count). The van der Waals surface area contributed by atoms with E-state index >= 15 is 0 Å². The molecular formula is C21H23N5O. The van der Waals surface area contributed by atoms with E-state index in [4.69, 9.17) is 14.8 Å². The number of para-hydroxylation sites is 1. The van der Waals surface area contributed by atoms with Gasteiger partial charge in [0.15, 0.2) is 11.6 Å². The second kappa shape index (κ2) is 7.32. The molecule has 3 aromatic heterocycles. The van der Waals surface area contributed by atoms with Crippen LogP contribution in [0.1, 0.15) is 22.8 Å². The van der Waals surface area contributed by atoms with E-state index in [9.17, 15) is 0 Å². The van der Waals surface area contributed by atoms with Gasteiger partial charge in [0.2, 0.25) is 0 Å². The fourth-order valence-corrected chi connectivity index (χ4v) is 3.36. The zero-order chi connectivity index (χ0) is 18.8. The van der Waals surface area contributed by atoms with Gasteiger partial charge in [-0.1, -0.05) is 18.2 Å². The first kappa shape index (κ1) is 17.4. The summed E-state index contributed by atoms with van der Waals surface area (Å²) in [4.78, 5) is 9.28. The molecule has 27 heavy (non-hydrogen) atoms. The molecule has 0 aliphatic rings. The van der Waals surface area contributed by atoms with Crippen LogP contribution in [0.2, 0.25) is 0 Å². The Morgan fingerprint density at radius 3 is 2.81 bits per heavy atom. The largest absolute Gasteiger partial charge is 0.384 e. The number of nitrogens with zero attached hydrogens (tertiary/aromatic N) is 5. The Hall–Kier alpha value is -2.99. The smallest absolute Gasteiger partial charge is 0.155 e. The monoisotopic (exact) mass is 361 g/mol. The predicted octanol–water partition coefficient (Wildman–Crippen LogP) is 3.24. The van der Waals surface area contributed by atoms with E-state index in [1.165, 1.54) is 16.5 Å². The second-order valence-electron chi connectivity index (χ2n) is 6.75. The number of hydrogen-bond donors (Lipinski definition) is 0. The number of aryl methyl sites for hydroxylation is 2. The minimum Gasteiger partial charge on any atom is -0.384 e. The summed E-state index contributed by atoms with van der Waals surface area (Å²) in [7, 11) is 3.76. The van der Waals surface area contributed by atoms with Crippen molar-refractivity contribution in [3.8, 4) is 5.82 Å². The summed E-state index contributed by atoms with van der Waals surface area (Å²) in [5.74, 6) is 2.45. The zero-order valence-electron chi connectivity index (χ0n) is 15.9. The molecule has 0 saturated heterocycles. The molecule has 3 heterocycles. The number of fused-ring (bicyclic) bond motifs is 1. The summed E-state index contributed by atoms with van der Waals surface area (Å²) < 4.78 is 9.21. The van der Waals surface area contributed by atoms with Crippen molar-refractivity contribution in [1.29, 1.82) is 0 Å². The number of rotatable bonds is 6. The molecule has 1 aromatic carbocycles. The molecule has 4 aromatic rings. The van der Waals surface area contributed by atoms with Gasteiger partial charge < -0.3 is 9.30 Å².